The molecule has 0 heterocycles. The lowest BCUT2D eigenvalue weighted by Crippen LogP contribution is -2.50. The van der Waals surface area contributed by atoms with Crippen LogP contribution in [0.2, 0.25) is 0 Å². The first-order valence-corrected chi connectivity index (χ1v) is 8.13. The van der Waals surface area contributed by atoms with E-state index in [-0.39, 0.29) is 18.2 Å². The number of rotatable bonds is 7. The standard InChI is InChI=1S/C18H30N2O3/c1-6-18(5,11-12-21)20-16(22)19-13-14-9-7-8-10-15(14)23-17(2,3)4/h7-10,21H,6,11-13H2,1-5H3,(H2,19,20,22). The van der Waals surface area contributed by atoms with E-state index in [2.05, 4.69) is 10.6 Å². The van der Waals surface area contributed by atoms with E-state index < -0.39 is 5.54 Å². The number of benzene rings is 1. The highest BCUT2D eigenvalue weighted by molar-refractivity contribution is 5.74. The minimum atomic E-state index is -0.403. The van der Waals surface area contributed by atoms with Gasteiger partial charge < -0.3 is 20.5 Å². The number of amides is 2. The lowest BCUT2D eigenvalue weighted by atomic mass is 9.95. The summed E-state index contributed by atoms with van der Waals surface area (Å²) in [7, 11) is 0. The van der Waals surface area contributed by atoms with Crippen LogP contribution in [0.3, 0.4) is 0 Å². The fourth-order valence-corrected chi connectivity index (χ4v) is 2.15. The van der Waals surface area contributed by atoms with Crippen molar-refractivity contribution in [3.05, 3.63) is 29.8 Å². The molecule has 23 heavy (non-hydrogen) atoms. The first-order chi connectivity index (χ1) is 10.7. The summed E-state index contributed by atoms with van der Waals surface area (Å²) in [6, 6.07) is 7.44. The quantitative estimate of drug-likeness (QED) is 0.722. The predicted octanol–water partition coefficient (Wildman–Crippen LogP) is 3.21. The molecular weight excluding hydrogens is 292 g/mol. The number of aliphatic hydroxyl groups is 1. The topological polar surface area (TPSA) is 70.6 Å². The van der Waals surface area contributed by atoms with Gasteiger partial charge in [0, 0.05) is 24.3 Å². The summed E-state index contributed by atoms with van der Waals surface area (Å²) < 4.78 is 5.92. The normalized spacial score (nSPS) is 14.0. The summed E-state index contributed by atoms with van der Waals surface area (Å²) in [6.45, 7) is 10.3. The average Bonchev–Trinajstić information content (AvgIpc) is 2.45. The molecule has 1 unspecified atom stereocenters. The van der Waals surface area contributed by atoms with Crippen molar-refractivity contribution in [3.8, 4) is 5.75 Å². The van der Waals surface area contributed by atoms with Crippen molar-refractivity contribution in [3.63, 3.8) is 0 Å². The summed E-state index contributed by atoms with van der Waals surface area (Å²) in [6.07, 6.45) is 1.28. The summed E-state index contributed by atoms with van der Waals surface area (Å²) in [5.41, 5.74) is 0.235. The Hall–Kier alpha value is -1.75. The monoisotopic (exact) mass is 322 g/mol. The van der Waals surface area contributed by atoms with Crippen LogP contribution in [0.15, 0.2) is 24.3 Å². The van der Waals surface area contributed by atoms with Gasteiger partial charge in [0.05, 0.1) is 0 Å². The van der Waals surface area contributed by atoms with E-state index in [0.717, 1.165) is 17.7 Å². The second-order valence-electron chi connectivity index (χ2n) is 7.02. The van der Waals surface area contributed by atoms with Gasteiger partial charge >= 0.3 is 6.03 Å². The predicted molar refractivity (Wildman–Crippen MR) is 92.6 cm³/mol. The molecule has 2 amide bonds. The first kappa shape index (κ1) is 19.3. The summed E-state index contributed by atoms with van der Waals surface area (Å²) in [4.78, 5) is 12.1. The zero-order valence-corrected chi connectivity index (χ0v) is 14.9. The van der Waals surface area contributed by atoms with Crippen molar-refractivity contribution >= 4 is 6.03 Å². The molecule has 0 spiro atoms. The SMILES string of the molecule is CCC(C)(CCO)NC(=O)NCc1ccccc1OC(C)(C)C. The lowest BCUT2D eigenvalue weighted by molar-refractivity contribution is 0.129. The molecule has 0 fully saturated rings. The average molecular weight is 322 g/mol. The number of hydrogen-bond acceptors (Lipinski definition) is 3. The zero-order chi connectivity index (χ0) is 17.5. The Bertz CT molecular complexity index is 511. The van der Waals surface area contributed by atoms with Crippen LogP contribution in [0.5, 0.6) is 5.75 Å². The molecule has 0 saturated heterocycles. The van der Waals surface area contributed by atoms with Crippen LogP contribution >= 0.6 is 0 Å². The van der Waals surface area contributed by atoms with Gasteiger partial charge in [-0.15, -0.1) is 0 Å². The van der Waals surface area contributed by atoms with Crippen molar-refractivity contribution in [1.29, 1.82) is 0 Å². The number of nitrogens with one attached hydrogen (secondary N) is 2. The van der Waals surface area contributed by atoms with Crippen LogP contribution in [-0.2, 0) is 6.54 Å². The van der Waals surface area contributed by atoms with Gasteiger partial charge in [0.1, 0.15) is 11.4 Å². The third-order valence-corrected chi connectivity index (χ3v) is 3.69. The van der Waals surface area contributed by atoms with Crippen molar-refractivity contribution in [1.82, 2.24) is 10.6 Å². The Morgan fingerprint density at radius 1 is 1.22 bits per heavy atom. The minimum Gasteiger partial charge on any atom is -0.488 e. The molecule has 0 aliphatic heterocycles. The van der Waals surface area contributed by atoms with Crippen LogP contribution in [-0.4, -0.2) is 28.9 Å². The van der Waals surface area contributed by atoms with Crippen LogP contribution in [0.4, 0.5) is 4.79 Å². The van der Waals surface area contributed by atoms with E-state index in [0.29, 0.717) is 13.0 Å². The molecule has 0 bridgehead atoms. The van der Waals surface area contributed by atoms with E-state index in [1.165, 1.54) is 0 Å². The largest absolute Gasteiger partial charge is 0.488 e. The number of urea groups is 1. The molecule has 130 valence electrons. The molecule has 1 aromatic rings. The van der Waals surface area contributed by atoms with Crippen LogP contribution < -0.4 is 15.4 Å². The highest BCUT2D eigenvalue weighted by Gasteiger charge is 2.23. The molecule has 0 aromatic heterocycles. The zero-order valence-electron chi connectivity index (χ0n) is 14.9. The highest BCUT2D eigenvalue weighted by Crippen LogP contribution is 2.23. The third kappa shape index (κ3) is 6.91. The maximum atomic E-state index is 12.1. The van der Waals surface area contributed by atoms with Gasteiger partial charge in [0.25, 0.3) is 0 Å². The summed E-state index contributed by atoms with van der Waals surface area (Å²) in [5.74, 6) is 0.772. The van der Waals surface area contributed by atoms with Crippen molar-refractivity contribution in [2.45, 2.75) is 65.1 Å². The first-order valence-electron chi connectivity index (χ1n) is 8.13. The molecule has 0 radical (unpaired) electrons. The number of para-hydroxylation sites is 1. The van der Waals surface area contributed by atoms with E-state index in [1.54, 1.807) is 0 Å². The molecule has 1 atom stereocenters. The van der Waals surface area contributed by atoms with Crippen LogP contribution in [0, 0.1) is 0 Å². The molecule has 5 nitrogen and oxygen atoms in total. The number of hydrogen-bond donors (Lipinski definition) is 3. The molecular formula is C18H30N2O3. The maximum absolute atomic E-state index is 12.1. The Labute approximate surface area is 139 Å². The number of carbonyl (C=O) groups is 1. The van der Waals surface area contributed by atoms with Gasteiger partial charge in [-0.3, -0.25) is 0 Å². The summed E-state index contributed by atoms with van der Waals surface area (Å²) in [5, 5.41) is 14.9. The van der Waals surface area contributed by atoms with Crippen LogP contribution in [0.25, 0.3) is 0 Å². The summed E-state index contributed by atoms with van der Waals surface area (Å²) >= 11 is 0. The van der Waals surface area contributed by atoms with E-state index in [9.17, 15) is 4.79 Å². The number of carbonyl (C=O) groups excluding carboxylic acids is 1. The third-order valence-electron chi connectivity index (χ3n) is 3.69. The fraction of sp³-hybridized carbons (Fsp3) is 0.611. The second-order valence-corrected chi connectivity index (χ2v) is 7.02. The number of ether oxygens (including phenoxy) is 1. The molecule has 0 aliphatic rings. The van der Waals surface area contributed by atoms with Gasteiger partial charge in [-0.05, 0) is 46.6 Å². The molecule has 1 aromatic carbocycles. The molecule has 1 rings (SSSR count). The molecule has 0 saturated carbocycles. The Morgan fingerprint density at radius 3 is 2.43 bits per heavy atom. The van der Waals surface area contributed by atoms with Crippen molar-refractivity contribution in [2.24, 2.45) is 0 Å². The van der Waals surface area contributed by atoms with Gasteiger partial charge in [0.15, 0.2) is 0 Å². The lowest BCUT2D eigenvalue weighted by Gasteiger charge is -2.29. The Balaban J connectivity index is 2.66. The highest BCUT2D eigenvalue weighted by atomic mass is 16.5. The van der Waals surface area contributed by atoms with Gasteiger partial charge in [-0.2, -0.15) is 0 Å². The van der Waals surface area contributed by atoms with E-state index >= 15 is 0 Å². The van der Waals surface area contributed by atoms with Crippen molar-refractivity contribution < 1.29 is 14.6 Å². The van der Waals surface area contributed by atoms with E-state index in [4.69, 9.17) is 9.84 Å². The van der Waals surface area contributed by atoms with E-state index in [1.807, 2.05) is 58.9 Å². The number of aliphatic hydroxyl groups excluding tert-OH is 1. The van der Waals surface area contributed by atoms with Crippen molar-refractivity contribution in [2.75, 3.05) is 6.61 Å². The van der Waals surface area contributed by atoms with Gasteiger partial charge in [-0.25, -0.2) is 4.79 Å². The fourth-order valence-electron chi connectivity index (χ4n) is 2.15. The Morgan fingerprint density at radius 2 is 1.87 bits per heavy atom. The van der Waals surface area contributed by atoms with Gasteiger partial charge in [0.2, 0.25) is 0 Å². The smallest absolute Gasteiger partial charge is 0.315 e. The minimum absolute atomic E-state index is 0.0485. The van der Waals surface area contributed by atoms with Gasteiger partial charge in [-0.1, -0.05) is 25.1 Å². The maximum Gasteiger partial charge on any atom is 0.315 e. The molecule has 5 heteroatoms. The molecule has 0 aliphatic carbocycles. The molecule has 3 N–H and O–H groups in total. The van der Waals surface area contributed by atoms with Crippen LogP contribution in [0.1, 0.15) is 53.0 Å². The Kier molecular flexibility index (Phi) is 6.88. The second kappa shape index (κ2) is 8.20.